The molecule has 1 fully saturated rings. The Balaban J connectivity index is 1.97. The molecule has 1 atom stereocenters. The lowest BCUT2D eigenvalue weighted by Gasteiger charge is -2.12. The van der Waals surface area contributed by atoms with E-state index in [1.54, 1.807) is 18.3 Å². The fourth-order valence-corrected chi connectivity index (χ4v) is 3.45. The molecule has 6 nitrogen and oxygen atoms in total. The number of hydrogen-bond donors (Lipinski definition) is 2. The molecule has 0 bridgehead atoms. The third-order valence-electron chi connectivity index (χ3n) is 3.47. The monoisotopic (exact) mass is 313 g/mol. The van der Waals surface area contributed by atoms with E-state index in [9.17, 15) is 8.42 Å². The highest BCUT2D eigenvalue weighted by atomic mass is 32.2. The molecule has 21 heavy (non-hydrogen) atoms. The minimum atomic E-state index is -3.53. The minimum Gasteiger partial charge on any atom is -0.381 e. The molecule has 0 aromatic carbocycles. The Kier molecular flexibility index (Phi) is 5.96. The van der Waals surface area contributed by atoms with E-state index in [4.69, 9.17) is 4.74 Å². The molecule has 2 heterocycles. The van der Waals surface area contributed by atoms with Crippen LogP contribution in [-0.2, 0) is 14.8 Å². The maximum atomic E-state index is 12.4. The van der Waals surface area contributed by atoms with E-state index < -0.39 is 10.0 Å². The minimum absolute atomic E-state index is 0.209. The number of ether oxygens (including phenoxy) is 1. The fraction of sp³-hybridized carbons (Fsp3) is 0.643. The highest BCUT2D eigenvalue weighted by Crippen LogP contribution is 2.19. The predicted molar refractivity (Wildman–Crippen MR) is 81.7 cm³/mol. The standard InChI is InChI=1S/C14H23N3O3S/c1-2-7-15-14-13(4-3-8-16-14)21(18,19)17-9-5-12-6-10-20-11-12/h3-4,8,12,17H,2,5-7,9-11H2,1H3,(H,15,16). The molecule has 0 radical (unpaired) electrons. The number of nitrogens with one attached hydrogen (secondary N) is 2. The van der Waals surface area contributed by atoms with Gasteiger partial charge in [-0.3, -0.25) is 0 Å². The number of aromatic nitrogens is 1. The average molecular weight is 313 g/mol. The molecule has 7 heteroatoms. The van der Waals surface area contributed by atoms with Crippen molar-refractivity contribution >= 4 is 15.8 Å². The topological polar surface area (TPSA) is 80.3 Å². The van der Waals surface area contributed by atoms with Gasteiger partial charge in [0.25, 0.3) is 0 Å². The zero-order valence-electron chi connectivity index (χ0n) is 12.3. The Morgan fingerprint density at radius 3 is 3.00 bits per heavy atom. The van der Waals surface area contributed by atoms with Crippen molar-refractivity contribution in [3.63, 3.8) is 0 Å². The van der Waals surface area contributed by atoms with Crippen molar-refractivity contribution in [3.05, 3.63) is 18.3 Å². The first kappa shape index (κ1) is 16.2. The molecule has 0 spiro atoms. The smallest absolute Gasteiger partial charge is 0.244 e. The summed E-state index contributed by atoms with van der Waals surface area (Å²) in [7, 11) is -3.53. The van der Waals surface area contributed by atoms with Gasteiger partial charge in [-0.15, -0.1) is 0 Å². The first-order valence-electron chi connectivity index (χ1n) is 7.40. The van der Waals surface area contributed by atoms with Crippen molar-refractivity contribution in [2.24, 2.45) is 5.92 Å². The second-order valence-corrected chi connectivity index (χ2v) is 6.93. The number of rotatable bonds is 8. The first-order valence-corrected chi connectivity index (χ1v) is 8.88. The number of anilines is 1. The molecule has 1 unspecified atom stereocenters. The van der Waals surface area contributed by atoms with Crippen molar-refractivity contribution in [2.45, 2.75) is 31.1 Å². The second-order valence-electron chi connectivity index (χ2n) is 5.19. The van der Waals surface area contributed by atoms with E-state index >= 15 is 0 Å². The van der Waals surface area contributed by atoms with Crippen LogP contribution in [0.15, 0.2) is 23.2 Å². The molecule has 2 rings (SSSR count). The molecule has 0 aliphatic carbocycles. The normalized spacial score (nSPS) is 18.8. The Morgan fingerprint density at radius 1 is 1.43 bits per heavy atom. The number of sulfonamides is 1. The Bertz CT molecular complexity index is 542. The summed E-state index contributed by atoms with van der Waals surface area (Å²) in [4.78, 5) is 4.33. The van der Waals surface area contributed by atoms with Crippen LogP contribution in [0.1, 0.15) is 26.2 Å². The van der Waals surface area contributed by atoms with Gasteiger partial charge < -0.3 is 10.1 Å². The van der Waals surface area contributed by atoms with Gasteiger partial charge in [0, 0.05) is 32.5 Å². The molecule has 118 valence electrons. The van der Waals surface area contributed by atoms with Gasteiger partial charge in [-0.05, 0) is 37.3 Å². The molecule has 0 saturated carbocycles. The summed E-state index contributed by atoms with van der Waals surface area (Å²) >= 11 is 0. The molecule has 1 aliphatic heterocycles. The van der Waals surface area contributed by atoms with Gasteiger partial charge in [0.1, 0.15) is 10.7 Å². The van der Waals surface area contributed by atoms with Gasteiger partial charge in [0.05, 0.1) is 0 Å². The molecular formula is C14H23N3O3S. The summed E-state index contributed by atoms with van der Waals surface area (Å²) in [5.74, 6) is 0.871. The first-order chi connectivity index (χ1) is 10.1. The second kappa shape index (κ2) is 7.72. The van der Waals surface area contributed by atoms with E-state index in [2.05, 4.69) is 15.0 Å². The average Bonchev–Trinajstić information content (AvgIpc) is 2.98. The predicted octanol–water partition coefficient (Wildman–Crippen LogP) is 1.61. The number of pyridine rings is 1. The summed E-state index contributed by atoms with van der Waals surface area (Å²) in [5, 5.41) is 3.05. The summed E-state index contributed by atoms with van der Waals surface area (Å²) in [6.07, 6.45) is 4.31. The molecular weight excluding hydrogens is 290 g/mol. The van der Waals surface area contributed by atoms with Crippen LogP contribution >= 0.6 is 0 Å². The molecule has 0 amide bonds. The van der Waals surface area contributed by atoms with E-state index in [1.165, 1.54) is 0 Å². The quantitative estimate of drug-likeness (QED) is 0.762. The van der Waals surface area contributed by atoms with Gasteiger partial charge in [-0.2, -0.15) is 0 Å². The van der Waals surface area contributed by atoms with Crippen LogP contribution in [0, 0.1) is 5.92 Å². The maximum Gasteiger partial charge on any atom is 0.244 e. The highest BCUT2D eigenvalue weighted by molar-refractivity contribution is 7.89. The van der Waals surface area contributed by atoms with Crippen LogP contribution in [0.4, 0.5) is 5.82 Å². The summed E-state index contributed by atoms with van der Waals surface area (Å²) in [6, 6.07) is 3.21. The summed E-state index contributed by atoms with van der Waals surface area (Å²) in [5.41, 5.74) is 0. The lowest BCUT2D eigenvalue weighted by atomic mass is 10.1. The molecule has 1 saturated heterocycles. The lowest BCUT2D eigenvalue weighted by molar-refractivity contribution is 0.184. The van der Waals surface area contributed by atoms with Crippen molar-refractivity contribution in [2.75, 3.05) is 31.6 Å². The van der Waals surface area contributed by atoms with Crippen molar-refractivity contribution in [1.82, 2.24) is 9.71 Å². The van der Waals surface area contributed by atoms with Crippen LogP contribution < -0.4 is 10.0 Å². The van der Waals surface area contributed by atoms with E-state index in [1.807, 2.05) is 6.92 Å². The Morgan fingerprint density at radius 2 is 2.29 bits per heavy atom. The van der Waals surface area contributed by atoms with Gasteiger partial charge in [-0.25, -0.2) is 18.1 Å². The van der Waals surface area contributed by atoms with Gasteiger partial charge in [0.15, 0.2) is 0 Å². The Hall–Kier alpha value is -1.18. The molecule has 2 N–H and O–H groups in total. The van der Waals surface area contributed by atoms with Crippen molar-refractivity contribution < 1.29 is 13.2 Å². The largest absolute Gasteiger partial charge is 0.381 e. The van der Waals surface area contributed by atoms with Crippen molar-refractivity contribution in [3.8, 4) is 0 Å². The molecule has 1 aromatic rings. The van der Waals surface area contributed by atoms with Gasteiger partial charge >= 0.3 is 0 Å². The molecule has 1 aromatic heterocycles. The number of hydrogen-bond acceptors (Lipinski definition) is 5. The highest BCUT2D eigenvalue weighted by Gasteiger charge is 2.20. The summed E-state index contributed by atoms with van der Waals surface area (Å²) < 4.78 is 32.7. The van der Waals surface area contributed by atoms with Gasteiger partial charge in [0.2, 0.25) is 10.0 Å². The van der Waals surface area contributed by atoms with Crippen molar-refractivity contribution in [1.29, 1.82) is 0 Å². The van der Waals surface area contributed by atoms with Crippen LogP contribution in [-0.4, -0.2) is 39.7 Å². The van der Waals surface area contributed by atoms with E-state index in [0.717, 1.165) is 32.5 Å². The third-order valence-corrected chi connectivity index (χ3v) is 4.96. The number of nitrogens with zero attached hydrogens (tertiary/aromatic N) is 1. The van der Waals surface area contributed by atoms with Crippen LogP contribution in [0.3, 0.4) is 0 Å². The van der Waals surface area contributed by atoms with E-state index in [0.29, 0.717) is 24.8 Å². The zero-order valence-corrected chi connectivity index (χ0v) is 13.2. The van der Waals surface area contributed by atoms with Gasteiger partial charge in [-0.1, -0.05) is 6.92 Å². The maximum absolute atomic E-state index is 12.4. The summed E-state index contributed by atoms with van der Waals surface area (Å²) in [6.45, 7) is 4.66. The Labute approximate surface area is 126 Å². The SMILES string of the molecule is CCCNc1ncccc1S(=O)(=O)NCCC1CCOC1. The third kappa shape index (κ3) is 4.66. The van der Waals surface area contributed by atoms with Crippen LogP contribution in [0.2, 0.25) is 0 Å². The lowest BCUT2D eigenvalue weighted by Crippen LogP contribution is -2.27. The zero-order chi connectivity index (χ0) is 15.1. The van der Waals surface area contributed by atoms with Crippen LogP contribution in [0.25, 0.3) is 0 Å². The fourth-order valence-electron chi connectivity index (χ4n) is 2.27. The van der Waals surface area contributed by atoms with E-state index in [-0.39, 0.29) is 4.90 Å². The van der Waals surface area contributed by atoms with Crippen LogP contribution in [0.5, 0.6) is 0 Å². The molecule has 1 aliphatic rings.